The van der Waals surface area contributed by atoms with Gasteiger partial charge in [0.1, 0.15) is 0 Å². The van der Waals surface area contributed by atoms with Crippen molar-refractivity contribution >= 4 is 0 Å². The van der Waals surface area contributed by atoms with Crippen LogP contribution in [-0.4, -0.2) is 11.7 Å². The van der Waals surface area contributed by atoms with Crippen molar-refractivity contribution in [1.82, 2.24) is 0 Å². The van der Waals surface area contributed by atoms with Gasteiger partial charge in [-0.05, 0) is 55.9 Å². The molecule has 1 saturated carbocycles. The zero-order chi connectivity index (χ0) is 11.8. The first-order valence-corrected chi connectivity index (χ1v) is 6.56. The minimum atomic E-state index is 0.235. The average molecular weight is 220 g/mol. The molecule has 2 aliphatic carbocycles. The fraction of sp³-hybridized carbons (Fsp3) is 0.733. The average Bonchev–Trinajstić information content (AvgIpc) is 2.29. The molecular weight excluding hydrogens is 196 g/mol. The zero-order valence-electron chi connectivity index (χ0n) is 10.8. The fourth-order valence-corrected chi connectivity index (χ4v) is 3.34. The predicted octanol–water partition coefficient (Wildman–Crippen LogP) is 3.84. The Morgan fingerprint density at radius 2 is 2.25 bits per heavy atom. The molecule has 0 amide bonds. The summed E-state index contributed by atoms with van der Waals surface area (Å²) >= 11 is 0. The minimum absolute atomic E-state index is 0.235. The van der Waals surface area contributed by atoms with Gasteiger partial charge in [-0.15, -0.1) is 0 Å². The molecule has 1 heteroatoms. The van der Waals surface area contributed by atoms with Gasteiger partial charge in [0.25, 0.3) is 0 Å². The van der Waals surface area contributed by atoms with Gasteiger partial charge in [-0.1, -0.05) is 31.1 Å². The molecule has 0 aromatic carbocycles. The molecule has 0 aliphatic heterocycles. The Bertz CT molecular complexity index is 337. The summed E-state index contributed by atoms with van der Waals surface area (Å²) in [6, 6.07) is 0. The van der Waals surface area contributed by atoms with Crippen LogP contribution in [0.5, 0.6) is 0 Å². The van der Waals surface area contributed by atoms with E-state index in [2.05, 4.69) is 26.8 Å². The van der Waals surface area contributed by atoms with Gasteiger partial charge in [-0.2, -0.15) is 0 Å². The molecule has 2 atom stereocenters. The quantitative estimate of drug-likeness (QED) is 0.666. The normalized spacial score (nSPS) is 37.8. The molecule has 16 heavy (non-hydrogen) atoms. The van der Waals surface area contributed by atoms with Crippen LogP contribution in [0.15, 0.2) is 22.8 Å². The molecule has 2 unspecified atom stereocenters. The third-order valence-electron chi connectivity index (χ3n) is 4.93. The molecule has 90 valence electrons. The van der Waals surface area contributed by atoms with Crippen LogP contribution < -0.4 is 0 Å². The molecule has 1 N–H and O–H groups in total. The first-order chi connectivity index (χ1) is 7.58. The van der Waals surface area contributed by atoms with Gasteiger partial charge in [0.05, 0.1) is 6.61 Å². The lowest BCUT2D eigenvalue weighted by Crippen LogP contribution is -2.34. The lowest BCUT2D eigenvalue weighted by atomic mass is 9.59. The molecule has 0 spiro atoms. The summed E-state index contributed by atoms with van der Waals surface area (Å²) in [6.45, 7) is 7.14. The van der Waals surface area contributed by atoms with Gasteiger partial charge in [0.2, 0.25) is 0 Å². The number of aliphatic hydroxyl groups is 1. The standard InChI is InChI=1S/C15H24O/c1-11(10-16)13-7-8-14-6-4-5-12(2)15(14,3)9-13/h6,12,16H,4-5,7-10H2,1-3H3. The Hall–Kier alpha value is -0.560. The Morgan fingerprint density at radius 3 is 2.94 bits per heavy atom. The van der Waals surface area contributed by atoms with Crippen LogP contribution in [0.4, 0.5) is 0 Å². The lowest BCUT2D eigenvalue weighted by Gasteiger charge is -2.45. The van der Waals surface area contributed by atoms with Gasteiger partial charge in [-0.3, -0.25) is 0 Å². The Kier molecular flexibility index (Phi) is 3.25. The fourth-order valence-electron chi connectivity index (χ4n) is 3.34. The van der Waals surface area contributed by atoms with Gasteiger partial charge >= 0.3 is 0 Å². The molecule has 0 aromatic heterocycles. The van der Waals surface area contributed by atoms with Crippen LogP contribution in [0.1, 0.15) is 52.9 Å². The summed E-state index contributed by atoms with van der Waals surface area (Å²) in [5, 5.41) is 9.26. The highest BCUT2D eigenvalue weighted by Gasteiger charge is 2.39. The largest absolute Gasteiger partial charge is 0.392 e. The third-order valence-corrected chi connectivity index (χ3v) is 4.93. The topological polar surface area (TPSA) is 20.2 Å². The van der Waals surface area contributed by atoms with E-state index in [1.54, 1.807) is 5.57 Å². The van der Waals surface area contributed by atoms with E-state index in [9.17, 15) is 5.11 Å². The van der Waals surface area contributed by atoms with Crippen LogP contribution in [0.25, 0.3) is 0 Å². The second-order valence-electron chi connectivity index (χ2n) is 5.84. The van der Waals surface area contributed by atoms with Crippen LogP contribution in [0, 0.1) is 11.3 Å². The van der Waals surface area contributed by atoms with Gasteiger partial charge < -0.3 is 5.11 Å². The van der Waals surface area contributed by atoms with Crippen molar-refractivity contribution < 1.29 is 5.11 Å². The second-order valence-corrected chi connectivity index (χ2v) is 5.84. The molecule has 2 aliphatic rings. The van der Waals surface area contributed by atoms with E-state index < -0.39 is 0 Å². The molecule has 0 aromatic rings. The molecule has 1 nitrogen and oxygen atoms in total. The van der Waals surface area contributed by atoms with E-state index in [0.717, 1.165) is 5.92 Å². The molecule has 0 saturated heterocycles. The van der Waals surface area contributed by atoms with Gasteiger partial charge in [-0.25, -0.2) is 0 Å². The van der Waals surface area contributed by atoms with Crippen molar-refractivity contribution in [2.75, 3.05) is 6.61 Å². The maximum Gasteiger partial charge on any atom is 0.0641 e. The van der Waals surface area contributed by atoms with E-state index in [0.29, 0.717) is 5.41 Å². The molecule has 0 heterocycles. The van der Waals surface area contributed by atoms with Crippen molar-refractivity contribution in [3.05, 3.63) is 22.8 Å². The summed E-state index contributed by atoms with van der Waals surface area (Å²) in [5.74, 6) is 0.786. The monoisotopic (exact) mass is 220 g/mol. The van der Waals surface area contributed by atoms with Crippen LogP contribution in [0.2, 0.25) is 0 Å². The predicted molar refractivity (Wildman–Crippen MR) is 68.2 cm³/mol. The number of aliphatic hydroxyl groups excluding tert-OH is 1. The van der Waals surface area contributed by atoms with E-state index in [1.807, 2.05) is 0 Å². The van der Waals surface area contributed by atoms with E-state index in [1.165, 1.54) is 43.3 Å². The zero-order valence-corrected chi connectivity index (χ0v) is 10.8. The SMILES string of the molecule is CC(CO)=C1CCC2=CCCC(C)C2(C)C1. The first-order valence-electron chi connectivity index (χ1n) is 6.56. The molecular formula is C15H24O. The maximum absolute atomic E-state index is 9.26. The number of rotatable bonds is 1. The summed E-state index contributed by atoms with van der Waals surface area (Å²) in [7, 11) is 0. The molecule has 0 bridgehead atoms. The van der Waals surface area contributed by atoms with Crippen molar-refractivity contribution in [2.24, 2.45) is 11.3 Å². The molecule has 1 fully saturated rings. The maximum atomic E-state index is 9.26. The van der Waals surface area contributed by atoms with Crippen LogP contribution >= 0.6 is 0 Å². The van der Waals surface area contributed by atoms with Crippen molar-refractivity contribution in [3.8, 4) is 0 Å². The molecule has 2 rings (SSSR count). The highest BCUT2D eigenvalue weighted by molar-refractivity contribution is 5.30. The summed E-state index contributed by atoms with van der Waals surface area (Å²) in [5.41, 5.74) is 4.78. The van der Waals surface area contributed by atoms with Gasteiger partial charge in [0, 0.05) is 0 Å². The highest BCUT2D eigenvalue weighted by Crippen LogP contribution is 2.52. The first kappa shape index (κ1) is 11.9. The lowest BCUT2D eigenvalue weighted by molar-refractivity contribution is 0.202. The van der Waals surface area contributed by atoms with Crippen molar-refractivity contribution in [2.45, 2.75) is 52.9 Å². The van der Waals surface area contributed by atoms with Crippen molar-refractivity contribution in [3.63, 3.8) is 0 Å². The Morgan fingerprint density at radius 1 is 1.50 bits per heavy atom. The van der Waals surface area contributed by atoms with Gasteiger partial charge in [0.15, 0.2) is 0 Å². The summed E-state index contributed by atoms with van der Waals surface area (Å²) in [4.78, 5) is 0. The van der Waals surface area contributed by atoms with Crippen molar-refractivity contribution in [1.29, 1.82) is 0 Å². The van der Waals surface area contributed by atoms with Crippen LogP contribution in [-0.2, 0) is 0 Å². The number of hydrogen-bond donors (Lipinski definition) is 1. The smallest absolute Gasteiger partial charge is 0.0641 e. The number of hydrogen-bond acceptors (Lipinski definition) is 1. The minimum Gasteiger partial charge on any atom is -0.392 e. The third kappa shape index (κ3) is 1.86. The number of fused-ring (bicyclic) bond motifs is 1. The van der Waals surface area contributed by atoms with E-state index in [-0.39, 0.29) is 6.61 Å². The second kappa shape index (κ2) is 4.37. The summed E-state index contributed by atoms with van der Waals surface area (Å²) in [6.07, 6.45) is 8.63. The molecule has 0 radical (unpaired) electrons. The van der Waals surface area contributed by atoms with E-state index >= 15 is 0 Å². The Balaban J connectivity index is 2.29. The highest BCUT2D eigenvalue weighted by atomic mass is 16.3. The van der Waals surface area contributed by atoms with Crippen LogP contribution in [0.3, 0.4) is 0 Å². The summed E-state index contributed by atoms with van der Waals surface area (Å²) < 4.78 is 0. The Labute approximate surface area is 99.3 Å². The van der Waals surface area contributed by atoms with E-state index in [4.69, 9.17) is 0 Å². The number of allylic oxidation sites excluding steroid dienone is 3.